The Balaban J connectivity index is 1.81. The standard InChI is InChI=1S/C10H23N3O2/c1-2-6-12-15-8-7-11-10(14)13-9-4-3-5-9/h9-14H,2-8H2,1H3. The number of hydroxylamine groups is 1. The van der Waals surface area contributed by atoms with Gasteiger partial charge in [-0.1, -0.05) is 13.3 Å². The lowest BCUT2D eigenvalue weighted by atomic mass is 9.93. The third kappa shape index (κ3) is 6.06. The molecule has 1 aliphatic rings. The Morgan fingerprint density at radius 1 is 1.40 bits per heavy atom. The Morgan fingerprint density at radius 2 is 2.20 bits per heavy atom. The van der Waals surface area contributed by atoms with Gasteiger partial charge in [0.05, 0.1) is 6.61 Å². The van der Waals surface area contributed by atoms with Crippen molar-refractivity contribution in [1.82, 2.24) is 16.1 Å². The summed E-state index contributed by atoms with van der Waals surface area (Å²) in [6.45, 7) is 4.14. The Morgan fingerprint density at radius 3 is 2.80 bits per heavy atom. The molecule has 1 atom stereocenters. The smallest absolute Gasteiger partial charge is 0.160 e. The Bertz CT molecular complexity index is 154. The summed E-state index contributed by atoms with van der Waals surface area (Å²) in [6.07, 6.45) is 4.07. The minimum absolute atomic E-state index is 0.492. The van der Waals surface area contributed by atoms with E-state index in [9.17, 15) is 5.11 Å². The van der Waals surface area contributed by atoms with Crippen molar-refractivity contribution in [2.45, 2.75) is 45.0 Å². The highest BCUT2D eigenvalue weighted by molar-refractivity contribution is 4.76. The van der Waals surface area contributed by atoms with Gasteiger partial charge in [-0.2, -0.15) is 0 Å². The molecule has 1 saturated carbocycles. The molecule has 0 aromatic rings. The summed E-state index contributed by atoms with van der Waals surface area (Å²) in [5, 5.41) is 15.5. The van der Waals surface area contributed by atoms with E-state index in [-0.39, 0.29) is 0 Å². The Hall–Kier alpha value is -0.200. The summed E-state index contributed by atoms with van der Waals surface area (Å²) >= 11 is 0. The molecule has 0 aliphatic heterocycles. The van der Waals surface area contributed by atoms with Gasteiger partial charge in [0.2, 0.25) is 0 Å². The summed E-state index contributed by atoms with van der Waals surface area (Å²) in [6, 6.07) is 0.492. The fourth-order valence-electron chi connectivity index (χ4n) is 1.35. The maximum absolute atomic E-state index is 9.49. The highest BCUT2D eigenvalue weighted by Gasteiger charge is 2.19. The molecule has 0 heterocycles. The minimum atomic E-state index is -0.606. The second kappa shape index (κ2) is 8.01. The average Bonchev–Trinajstić information content (AvgIpc) is 2.17. The van der Waals surface area contributed by atoms with Crippen molar-refractivity contribution < 1.29 is 9.94 Å². The predicted octanol–water partition coefficient (Wildman–Crippen LogP) is -0.0748. The molecule has 0 amide bonds. The molecule has 90 valence electrons. The van der Waals surface area contributed by atoms with Crippen molar-refractivity contribution in [3.8, 4) is 0 Å². The fraction of sp³-hybridized carbons (Fsp3) is 1.00. The van der Waals surface area contributed by atoms with Crippen molar-refractivity contribution >= 4 is 0 Å². The van der Waals surface area contributed by atoms with Crippen LogP contribution < -0.4 is 16.1 Å². The Labute approximate surface area is 91.5 Å². The van der Waals surface area contributed by atoms with E-state index in [2.05, 4.69) is 23.0 Å². The van der Waals surface area contributed by atoms with Crippen LogP contribution in [-0.4, -0.2) is 37.2 Å². The van der Waals surface area contributed by atoms with Crippen LogP contribution in [0.5, 0.6) is 0 Å². The topological polar surface area (TPSA) is 65.5 Å². The number of aliphatic hydroxyl groups excluding tert-OH is 1. The molecular weight excluding hydrogens is 194 g/mol. The molecular formula is C10H23N3O2. The minimum Gasteiger partial charge on any atom is -0.365 e. The van der Waals surface area contributed by atoms with Crippen LogP contribution in [0.4, 0.5) is 0 Å². The molecule has 0 saturated heterocycles. The molecule has 1 aliphatic carbocycles. The van der Waals surface area contributed by atoms with Gasteiger partial charge in [0.15, 0.2) is 6.35 Å². The number of nitrogens with one attached hydrogen (secondary N) is 3. The number of aliphatic hydroxyl groups is 1. The summed E-state index contributed by atoms with van der Waals surface area (Å²) in [4.78, 5) is 5.12. The molecule has 0 aromatic heterocycles. The van der Waals surface area contributed by atoms with Crippen molar-refractivity contribution in [2.75, 3.05) is 19.7 Å². The number of hydrogen-bond donors (Lipinski definition) is 4. The van der Waals surface area contributed by atoms with E-state index in [1.807, 2.05) is 0 Å². The van der Waals surface area contributed by atoms with Crippen LogP contribution in [0.15, 0.2) is 0 Å². The molecule has 5 nitrogen and oxygen atoms in total. The quantitative estimate of drug-likeness (QED) is 0.247. The number of hydrogen-bond acceptors (Lipinski definition) is 5. The normalized spacial score (nSPS) is 18.8. The summed E-state index contributed by atoms with van der Waals surface area (Å²) in [5.74, 6) is 0. The largest absolute Gasteiger partial charge is 0.365 e. The van der Waals surface area contributed by atoms with Gasteiger partial charge in [-0.3, -0.25) is 10.6 Å². The van der Waals surface area contributed by atoms with Crippen LogP contribution in [0.1, 0.15) is 32.6 Å². The van der Waals surface area contributed by atoms with Gasteiger partial charge < -0.3 is 9.94 Å². The van der Waals surface area contributed by atoms with Gasteiger partial charge in [-0.05, 0) is 19.3 Å². The third-order valence-corrected chi connectivity index (χ3v) is 2.49. The Kier molecular flexibility index (Phi) is 6.87. The van der Waals surface area contributed by atoms with Crippen LogP contribution in [0.3, 0.4) is 0 Å². The van der Waals surface area contributed by atoms with Gasteiger partial charge >= 0.3 is 0 Å². The molecule has 1 rings (SSSR count). The summed E-state index contributed by atoms with van der Waals surface area (Å²) < 4.78 is 0. The monoisotopic (exact) mass is 217 g/mol. The molecule has 0 radical (unpaired) electrons. The van der Waals surface area contributed by atoms with Crippen molar-refractivity contribution in [3.63, 3.8) is 0 Å². The zero-order valence-electron chi connectivity index (χ0n) is 9.46. The summed E-state index contributed by atoms with van der Waals surface area (Å²) in [5.41, 5.74) is 2.83. The predicted molar refractivity (Wildman–Crippen MR) is 59.0 cm³/mol. The van der Waals surface area contributed by atoms with Crippen LogP contribution in [-0.2, 0) is 4.84 Å². The lowest BCUT2D eigenvalue weighted by Gasteiger charge is -2.29. The number of rotatable bonds is 9. The van der Waals surface area contributed by atoms with E-state index in [1.54, 1.807) is 0 Å². The second-order valence-corrected chi connectivity index (χ2v) is 3.89. The van der Waals surface area contributed by atoms with E-state index in [1.165, 1.54) is 19.3 Å². The first-order chi connectivity index (χ1) is 7.33. The van der Waals surface area contributed by atoms with E-state index in [0.29, 0.717) is 19.2 Å². The van der Waals surface area contributed by atoms with Gasteiger partial charge in [0.1, 0.15) is 0 Å². The molecule has 15 heavy (non-hydrogen) atoms. The second-order valence-electron chi connectivity index (χ2n) is 3.89. The van der Waals surface area contributed by atoms with Gasteiger partial charge in [0.25, 0.3) is 0 Å². The first-order valence-electron chi connectivity index (χ1n) is 5.85. The molecule has 0 aromatic carbocycles. The van der Waals surface area contributed by atoms with E-state index in [4.69, 9.17) is 4.84 Å². The molecule has 1 unspecified atom stereocenters. The SMILES string of the molecule is CCCNOCCNC(O)NC1CCC1. The van der Waals surface area contributed by atoms with Gasteiger partial charge in [0, 0.05) is 19.1 Å². The highest BCUT2D eigenvalue weighted by Crippen LogP contribution is 2.17. The average molecular weight is 217 g/mol. The molecule has 4 N–H and O–H groups in total. The van der Waals surface area contributed by atoms with Crippen LogP contribution in [0.2, 0.25) is 0 Å². The van der Waals surface area contributed by atoms with Crippen molar-refractivity contribution in [1.29, 1.82) is 0 Å². The van der Waals surface area contributed by atoms with E-state index < -0.39 is 6.35 Å². The first kappa shape index (κ1) is 12.9. The zero-order valence-corrected chi connectivity index (χ0v) is 9.46. The van der Waals surface area contributed by atoms with Crippen molar-refractivity contribution in [3.05, 3.63) is 0 Å². The maximum atomic E-state index is 9.49. The van der Waals surface area contributed by atoms with Crippen LogP contribution >= 0.6 is 0 Å². The molecule has 0 spiro atoms. The van der Waals surface area contributed by atoms with Crippen LogP contribution in [0, 0.1) is 0 Å². The first-order valence-corrected chi connectivity index (χ1v) is 5.85. The zero-order chi connectivity index (χ0) is 10.9. The lowest BCUT2D eigenvalue weighted by molar-refractivity contribution is 0.0237. The van der Waals surface area contributed by atoms with Gasteiger partial charge in [-0.15, -0.1) is 0 Å². The van der Waals surface area contributed by atoms with Crippen LogP contribution in [0.25, 0.3) is 0 Å². The third-order valence-electron chi connectivity index (χ3n) is 2.49. The maximum Gasteiger partial charge on any atom is 0.160 e. The highest BCUT2D eigenvalue weighted by atomic mass is 16.6. The molecule has 5 heteroatoms. The fourth-order valence-corrected chi connectivity index (χ4v) is 1.35. The van der Waals surface area contributed by atoms with E-state index in [0.717, 1.165) is 13.0 Å². The lowest BCUT2D eigenvalue weighted by Crippen LogP contribution is -2.50. The van der Waals surface area contributed by atoms with E-state index >= 15 is 0 Å². The van der Waals surface area contributed by atoms with Gasteiger partial charge in [-0.25, -0.2) is 5.48 Å². The molecule has 1 fully saturated rings. The molecule has 0 bridgehead atoms. The summed E-state index contributed by atoms with van der Waals surface area (Å²) in [7, 11) is 0. The van der Waals surface area contributed by atoms with Crippen molar-refractivity contribution in [2.24, 2.45) is 0 Å².